The van der Waals surface area contributed by atoms with Gasteiger partial charge in [-0.15, -0.1) is 13.2 Å². The van der Waals surface area contributed by atoms with E-state index in [1.165, 1.54) is 29.3 Å². The highest BCUT2D eigenvalue weighted by molar-refractivity contribution is 5.83. The van der Waals surface area contributed by atoms with Crippen molar-refractivity contribution in [2.45, 2.75) is 19.3 Å². The Morgan fingerprint density at radius 2 is 2.00 bits per heavy atom. The molecule has 1 aromatic carbocycles. The van der Waals surface area contributed by atoms with Gasteiger partial charge in [0.15, 0.2) is 6.04 Å². The van der Waals surface area contributed by atoms with Crippen molar-refractivity contribution in [3.05, 3.63) is 36.5 Å². The van der Waals surface area contributed by atoms with E-state index in [0.717, 1.165) is 0 Å². The van der Waals surface area contributed by atoms with E-state index in [1.807, 2.05) is 0 Å². The summed E-state index contributed by atoms with van der Waals surface area (Å²) in [6.45, 7) is 1.94. The molecule has 2 rings (SSSR count). The molecule has 5 nitrogen and oxygen atoms in total. The van der Waals surface area contributed by atoms with Crippen LogP contribution in [0.4, 0.5) is 18.9 Å². The molecular weight excluding hydrogens is 289 g/mol. The van der Waals surface area contributed by atoms with Gasteiger partial charge in [-0.25, -0.2) is 4.79 Å². The van der Waals surface area contributed by atoms with Crippen LogP contribution in [-0.4, -0.2) is 25.0 Å². The van der Waals surface area contributed by atoms with Crippen molar-refractivity contribution in [2.75, 3.05) is 11.6 Å². The van der Waals surface area contributed by atoms with Crippen molar-refractivity contribution in [2.24, 2.45) is 0 Å². The number of carbonyl (C=O) groups excluding carboxylic acids is 1. The second-order valence-corrected chi connectivity index (χ2v) is 4.10. The molecule has 114 valence electrons. The highest BCUT2D eigenvalue weighted by Crippen LogP contribution is 2.26. The summed E-state index contributed by atoms with van der Waals surface area (Å²) in [4.78, 5) is 11.8. The Hall–Kier alpha value is -2.38. The summed E-state index contributed by atoms with van der Waals surface area (Å²) in [6, 6.07) is 4.50. The first kappa shape index (κ1) is 15.0. The van der Waals surface area contributed by atoms with Crippen molar-refractivity contribution < 1.29 is 27.4 Å². The maximum absolute atomic E-state index is 12.1. The van der Waals surface area contributed by atoms with Crippen LogP contribution in [0.25, 0.3) is 0 Å². The number of hydrogen-bond acceptors (Lipinski definition) is 5. The van der Waals surface area contributed by atoms with E-state index in [4.69, 9.17) is 4.74 Å². The SMILES string of the molecule is CCOC(=O)C1C=CNN1c1ccc(OC(F)(F)F)cc1. The molecule has 0 saturated heterocycles. The molecule has 0 aromatic heterocycles. The van der Waals surface area contributed by atoms with E-state index in [-0.39, 0.29) is 12.4 Å². The third-order valence-electron chi connectivity index (χ3n) is 2.65. The molecule has 0 saturated carbocycles. The minimum atomic E-state index is -4.73. The van der Waals surface area contributed by atoms with Crippen LogP contribution in [0.15, 0.2) is 36.5 Å². The van der Waals surface area contributed by atoms with Crippen LogP contribution in [-0.2, 0) is 9.53 Å². The lowest BCUT2D eigenvalue weighted by Crippen LogP contribution is -2.43. The highest BCUT2D eigenvalue weighted by Gasteiger charge is 2.32. The number of carbonyl (C=O) groups is 1. The van der Waals surface area contributed by atoms with Crippen LogP contribution in [0.1, 0.15) is 6.92 Å². The molecule has 0 aliphatic carbocycles. The molecule has 0 spiro atoms. The molecule has 1 N–H and O–H groups in total. The summed E-state index contributed by atoms with van der Waals surface area (Å²) in [6.07, 6.45) is -1.58. The quantitative estimate of drug-likeness (QED) is 0.865. The number of rotatable bonds is 4. The van der Waals surface area contributed by atoms with Gasteiger partial charge in [0, 0.05) is 6.20 Å². The Balaban J connectivity index is 2.09. The van der Waals surface area contributed by atoms with E-state index in [2.05, 4.69) is 10.2 Å². The first-order valence-electron chi connectivity index (χ1n) is 6.15. The zero-order chi connectivity index (χ0) is 15.5. The number of nitrogens with zero attached hydrogens (tertiary/aromatic N) is 1. The normalized spacial score (nSPS) is 17.5. The van der Waals surface area contributed by atoms with Crippen molar-refractivity contribution in [1.29, 1.82) is 0 Å². The maximum Gasteiger partial charge on any atom is 0.573 e. The van der Waals surface area contributed by atoms with Gasteiger partial charge in [0.2, 0.25) is 0 Å². The van der Waals surface area contributed by atoms with Gasteiger partial charge >= 0.3 is 12.3 Å². The highest BCUT2D eigenvalue weighted by atomic mass is 19.4. The molecule has 1 aromatic rings. The average molecular weight is 302 g/mol. The first-order chi connectivity index (χ1) is 9.90. The summed E-state index contributed by atoms with van der Waals surface area (Å²) >= 11 is 0. The summed E-state index contributed by atoms with van der Waals surface area (Å²) in [5.74, 6) is -0.777. The molecule has 1 atom stereocenters. The summed E-state index contributed by atoms with van der Waals surface area (Å²) in [7, 11) is 0. The summed E-state index contributed by atoms with van der Waals surface area (Å²) < 4.78 is 44.9. The van der Waals surface area contributed by atoms with Crippen LogP contribution in [0.5, 0.6) is 5.75 Å². The Morgan fingerprint density at radius 1 is 1.33 bits per heavy atom. The summed E-state index contributed by atoms with van der Waals surface area (Å²) in [5.41, 5.74) is 3.33. The predicted octanol–water partition coefficient (Wildman–Crippen LogP) is 2.36. The van der Waals surface area contributed by atoms with Crippen LogP contribution >= 0.6 is 0 Å². The van der Waals surface area contributed by atoms with Gasteiger partial charge in [-0.05, 0) is 37.3 Å². The van der Waals surface area contributed by atoms with Gasteiger partial charge < -0.3 is 14.9 Å². The second kappa shape index (κ2) is 5.94. The fourth-order valence-corrected chi connectivity index (χ4v) is 1.84. The number of alkyl halides is 3. The van der Waals surface area contributed by atoms with E-state index in [9.17, 15) is 18.0 Å². The van der Waals surface area contributed by atoms with Gasteiger partial charge in [0.1, 0.15) is 5.75 Å². The first-order valence-corrected chi connectivity index (χ1v) is 6.15. The second-order valence-electron chi connectivity index (χ2n) is 4.10. The Kier molecular flexibility index (Phi) is 4.25. The van der Waals surface area contributed by atoms with E-state index >= 15 is 0 Å². The number of halogens is 3. The molecule has 1 unspecified atom stereocenters. The zero-order valence-corrected chi connectivity index (χ0v) is 11.1. The number of ether oxygens (including phenoxy) is 2. The lowest BCUT2D eigenvalue weighted by molar-refractivity contribution is -0.274. The standard InChI is InChI=1S/C13H13F3N2O3/c1-2-20-12(19)11-7-8-17-18(11)9-3-5-10(6-4-9)21-13(14,15)16/h3-8,11,17H,2H2,1H3. The van der Waals surface area contributed by atoms with Crippen molar-refractivity contribution in [3.63, 3.8) is 0 Å². The molecule has 0 amide bonds. The minimum absolute atomic E-state index is 0.245. The van der Waals surface area contributed by atoms with Gasteiger partial charge in [-0.1, -0.05) is 0 Å². The molecule has 0 bridgehead atoms. The average Bonchev–Trinajstić information content (AvgIpc) is 2.87. The molecule has 0 fully saturated rings. The van der Waals surface area contributed by atoms with Crippen molar-refractivity contribution >= 4 is 11.7 Å². The monoisotopic (exact) mass is 302 g/mol. The predicted molar refractivity (Wildman–Crippen MR) is 68.3 cm³/mol. The number of hydrazine groups is 1. The van der Waals surface area contributed by atoms with Crippen LogP contribution in [0.3, 0.4) is 0 Å². The van der Waals surface area contributed by atoms with Crippen LogP contribution in [0.2, 0.25) is 0 Å². The number of esters is 1. The molecule has 21 heavy (non-hydrogen) atoms. The third-order valence-corrected chi connectivity index (χ3v) is 2.65. The molecule has 0 radical (unpaired) electrons. The Labute approximate surface area is 118 Å². The summed E-state index contributed by atoms with van der Waals surface area (Å²) in [5, 5.41) is 1.48. The molecular formula is C13H13F3N2O3. The zero-order valence-electron chi connectivity index (χ0n) is 11.1. The van der Waals surface area contributed by atoms with Gasteiger partial charge in [-0.3, -0.25) is 5.01 Å². The third kappa shape index (κ3) is 3.80. The van der Waals surface area contributed by atoms with Gasteiger partial charge in [0.25, 0.3) is 0 Å². The van der Waals surface area contributed by atoms with Gasteiger partial charge in [-0.2, -0.15) is 0 Å². The maximum atomic E-state index is 12.1. The van der Waals surface area contributed by atoms with Crippen molar-refractivity contribution in [3.8, 4) is 5.75 Å². The number of anilines is 1. The topological polar surface area (TPSA) is 50.8 Å². The van der Waals surface area contributed by atoms with Crippen molar-refractivity contribution in [1.82, 2.24) is 5.43 Å². The molecule has 1 aliphatic rings. The lowest BCUT2D eigenvalue weighted by atomic mass is 10.2. The van der Waals surface area contributed by atoms with E-state index in [1.54, 1.807) is 19.2 Å². The van der Waals surface area contributed by atoms with Gasteiger partial charge in [0.05, 0.1) is 12.3 Å². The smallest absolute Gasteiger partial charge is 0.464 e. The largest absolute Gasteiger partial charge is 0.573 e. The van der Waals surface area contributed by atoms with E-state index < -0.39 is 18.4 Å². The fraction of sp³-hybridized carbons (Fsp3) is 0.308. The lowest BCUT2D eigenvalue weighted by Gasteiger charge is -2.25. The number of hydrogen-bond donors (Lipinski definition) is 1. The van der Waals surface area contributed by atoms with Crippen LogP contribution in [0, 0.1) is 0 Å². The minimum Gasteiger partial charge on any atom is -0.464 e. The Bertz CT molecular complexity index is 528. The Morgan fingerprint density at radius 3 is 2.57 bits per heavy atom. The molecule has 1 aliphatic heterocycles. The van der Waals surface area contributed by atoms with E-state index in [0.29, 0.717) is 5.69 Å². The fourth-order valence-electron chi connectivity index (χ4n) is 1.84. The number of nitrogens with one attached hydrogen (secondary N) is 1. The number of benzene rings is 1. The molecule has 8 heteroatoms. The molecule has 1 heterocycles. The van der Waals surface area contributed by atoms with Crippen LogP contribution < -0.4 is 15.2 Å².